The number of rotatable bonds is 6. The summed E-state index contributed by atoms with van der Waals surface area (Å²) in [6.45, 7) is 0. The van der Waals surface area contributed by atoms with Gasteiger partial charge in [0.25, 0.3) is 0 Å². The van der Waals surface area contributed by atoms with E-state index in [1.54, 1.807) is 36.5 Å². The number of nitrogens with two attached hydrogens (primary N) is 1. The van der Waals surface area contributed by atoms with E-state index in [1.807, 2.05) is 18.2 Å². The summed E-state index contributed by atoms with van der Waals surface area (Å²) in [4.78, 5) is 16.0. The van der Waals surface area contributed by atoms with Crippen molar-refractivity contribution in [1.29, 1.82) is 0 Å². The lowest BCUT2D eigenvalue weighted by molar-refractivity contribution is 0.0696. The number of benzene rings is 2. The summed E-state index contributed by atoms with van der Waals surface area (Å²) in [5.74, 6) is -0.771. The lowest BCUT2D eigenvalue weighted by Crippen LogP contribution is -2.15. The number of hydrogen-bond donors (Lipinski definition) is 2. The highest BCUT2D eigenvalue weighted by molar-refractivity contribution is 7.98. The molecule has 3 N–H and O–H groups in total. The first kappa shape index (κ1) is 19.1. The van der Waals surface area contributed by atoms with E-state index in [-0.39, 0.29) is 10.5 Å². The van der Waals surface area contributed by atoms with Gasteiger partial charge < -0.3 is 5.11 Å². The molecule has 1 heterocycles. The normalized spacial score (nSPS) is 11.3. The van der Waals surface area contributed by atoms with Crippen LogP contribution in [0.2, 0.25) is 0 Å². The Morgan fingerprint density at radius 3 is 2.37 bits per heavy atom. The molecular formula is C19H16N2O4S2. The van der Waals surface area contributed by atoms with Gasteiger partial charge in [-0.2, -0.15) is 0 Å². The number of aromatic nitrogens is 1. The third-order valence-electron chi connectivity index (χ3n) is 3.78. The maximum atomic E-state index is 12.2. The van der Waals surface area contributed by atoms with Crippen LogP contribution >= 0.6 is 11.8 Å². The SMILES string of the molecule is NS(=O)(=O)c1cc(C(=O)O)cc(SCc2ccccn2)c1-c1ccccc1. The number of primary sulfonamides is 1. The summed E-state index contributed by atoms with van der Waals surface area (Å²) >= 11 is 1.31. The molecule has 0 amide bonds. The van der Waals surface area contributed by atoms with Crippen molar-refractivity contribution < 1.29 is 18.3 Å². The average molecular weight is 400 g/mol. The Kier molecular flexibility index (Phi) is 5.59. The molecule has 6 nitrogen and oxygen atoms in total. The minimum absolute atomic E-state index is 0.137. The fourth-order valence-electron chi connectivity index (χ4n) is 2.58. The van der Waals surface area contributed by atoms with Crippen LogP contribution in [0.3, 0.4) is 0 Å². The quantitative estimate of drug-likeness (QED) is 0.614. The molecule has 0 unspecified atom stereocenters. The number of aromatic carboxylic acids is 1. The van der Waals surface area contributed by atoms with Crippen molar-refractivity contribution in [3.63, 3.8) is 0 Å². The number of hydrogen-bond acceptors (Lipinski definition) is 5. The summed E-state index contributed by atoms with van der Waals surface area (Å²) in [5.41, 5.74) is 1.69. The maximum Gasteiger partial charge on any atom is 0.335 e. The second kappa shape index (κ2) is 7.91. The molecular weight excluding hydrogens is 384 g/mol. The van der Waals surface area contributed by atoms with Crippen LogP contribution in [0.5, 0.6) is 0 Å². The molecule has 0 bridgehead atoms. The molecule has 0 aliphatic carbocycles. The molecule has 0 fully saturated rings. The third-order valence-corrected chi connectivity index (χ3v) is 5.79. The van der Waals surface area contributed by atoms with Gasteiger partial charge in [-0.25, -0.2) is 18.4 Å². The highest BCUT2D eigenvalue weighted by Gasteiger charge is 2.22. The van der Waals surface area contributed by atoms with Crippen molar-refractivity contribution in [3.05, 3.63) is 78.1 Å². The van der Waals surface area contributed by atoms with Crippen LogP contribution in [0, 0.1) is 0 Å². The molecule has 3 rings (SSSR count). The van der Waals surface area contributed by atoms with E-state index in [4.69, 9.17) is 5.14 Å². The van der Waals surface area contributed by atoms with Crippen LogP contribution < -0.4 is 5.14 Å². The van der Waals surface area contributed by atoms with Crippen LogP contribution in [0.1, 0.15) is 16.1 Å². The van der Waals surface area contributed by atoms with Gasteiger partial charge in [0.05, 0.1) is 16.2 Å². The molecule has 138 valence electrons. The summed E-state index contributed by atoms with van der Waals surface area (Å²) in [6.07, 6.45) is 1.66. The van der Waals surface area contributed by atoms with E-state index >= 15 is 0 Å². The summed E-state index contributed by atoms with van der Waals surface area (Å²) in [7, 11) is -4.14. The lowest BCUT2D eigenvalue weighted by atomic mass is 10.0. The second-order valence-corrected chi connectivity index (χ2v) is 8.22. The number of carbonyl (C=O) groups is 1. The largest absolute Gasteiger partial charge is 0.478 e. The van der Waals surface area contributed by atoms with Gasteiger partial charge >= 0.3 is 5.97 Å². The Bertz CT molecular complexity index is 1070. The second-order valence-electron chi connectivity index (χ2n) is 5.67. The van der Waals surface area contributed by atoms with E-state index in [0.717, 1.165) is 11.8 Å². The zero-order valence-corrected chi connectivity index (χ0v) is 15.7. The van der Waals surface area contributed by atoms with Crippen molar-refractivity contribution in [3.8, 4) is 11.1 Å². The van der Waals surface area contributed by atoms with Crippen LogP contribution in [0.15, 0.2) is 76.7 Å². The highest BCUT2D eigenvalue weighted by atomic mass is 32.2. The monoisotopic (exact) mass is 400 g/mol. The summed E-state index contributed by atoms with van der Waals surface area (Å²) < 4.78 is 24.4. The summed E-state index contributed by atoms with van der Waals surface area (Å²) in [6, 6.07) is 16.9. The molecule has 1 aromatic heterocycles. The molecule has 0 aliphatic rings. The smallest absolute Gasteiger partial charge is 0.335 e. The van der Waals surface area contributed by atoms with Gasteiger partial charge in [-0.1, -0.05) is 36.4 Å². The average Bonchev–Trinajstić information content (AvgIpc) is 2.66. The van der Waals surface area contributed by atoms with E-state index in [1.165, 1.54) is 17.8 Å². The van der Waals surface area contributed by atoms with Crippen LogP contribution in [-0.2, 0) is 15.8 Å². The standard InChI is InChI=1S/C19H16N2O4S2/c20-27(24,25)17-11-14(19(22)23)10-16(18(17)13-6-2-1-3-7-13)26-12-15-8-4-5-9-21-15/h1-11H,12H2,(H,22,23)(H2,20,24,25). The predicted molar refractivity (Wildman–Crippen MR) is 104 cm³/mol. The summed E-state index contributed by atoms with van der Waals surface area (Å²) in [5, 5.41) is 14.8. The van der Waals surface area contributed by atoms with Gasteiger partial charge in [0.2, 0.25) is 10.0 Å². The van der Waals surface area contributed by atoms with Gasteiger partial charge in [-0.3, -0.25) is 4.98 Å². The van der Waals surface area contributed by atoms with Gasteiger partial charge in [0.1, 0.15) is 0 Å². The minimum atomic E-state index is -4.14. The Morgan fingerprint density at radius 2 is 1.78 bits per heavy atom. The first-order chi connectivity index (χ1) is 12.9. The van der Waals surface area contributed by atoms with Crippen molar-refractivity contribution >= 4 is 27.8 Å². The number of carboxylic acid groups (broad SMARTS) is 1. The Balaban J connectivity index is 2.19. The predicted octanol–water partition coefficient (Wildman–Crippen LogP) is 3.39. The zero-order chi connectivity index (χ0) is 19.4. The molecule has 8 heteroatoms. The van der Waals surface area contributed by atoms with E-state index in [0.29, 0.717) is 21.8 Å². The van der Waals surface area contributed by atoms with E-state index in [9.17, 15) is 18.3 Å². The van der Waals surface area contributed by atoms with Gasteiger partial charge in [-0.15, -0.1) is 11.8 Å². The van der Waals surface area contributed by atoms with Crippen molar-refractivity contribution in [1.82, 2.24) is 4.98 Å². The minimum Gasteiger partial charge on any atom is -0.478 e. The van der Waals surface area contributed by atoms with Crippen molar-refractivity contribution in [2.45, 2.75) is 15.5 Å². The van der Waals surface area contributed by atoms with E-state index < -0.39 is 16.0 Å². The zero-order valence-electron chi connectivity index (χ0n) is 14.1. The molecule has 27 heavy (non-hydrogen) atoms. The van der Waals surface area contributed by atoms with Crippen LogP contribution in [0.25, 0.3) is 11.1 Å². The van der Waals surface area contributed by atoms with Gasteiger partial charge in [0, 0.05) is 22.4 Å². The molecule has 3 aromatic rings. The molecule has 0 radical (unpaired) electrons. The third kappa shape index (κ3) is 4.54. The number of nitrogens with zero attached hydrogens (tertiary/aromatic N) is 1. The fourth-order valence-corrected chi connectivity index (χ4v) is 4.50. The molecule has 0 atom stereocenters. The number of carboxylic acids is 1. The lowest BCUT2D eigenvalue weighted by Gasteiger charge is -2.15. The number of thioether (sulfide) groups is 1. The topological polar surface area (TPSA) is 110 Å². The molecule has 2 aromatic carbocycles. The molecule has 0 spiro atoms. The van der Waals surface area contributed by atoms with Crippen LogP contribution in [-0.4, -0.2) is 24.5 Å². The Morgan fingerprint density at radius 1 is 1.07 bits per heavy atom. The number of pyridine rings is 1. The first-order valence-electron chi connectivity index (χ1n) is 7.88. The highest BCUT2D eigenvalue weighted by Crippen LogP contribution is 2.38. The Hall–Kier alpha value is -2.68. The maximum absolute atomic E-state index is 12.2. The van der Waals surface area contributed by atoms with Crippen molar-refractivity contribution in [2.75, 3.05) is 0 Å². The molecule has 0 saturated carbocycles. The van der Waals surface area contributed by atoms with Crippen LogP contribution in [0.4, 0.5) is 0 Å². The molecule has 0 saturated heterocycles. The van der Waals surface area contributed by atoms with Gasteiger partial charge in [-0.05, 0) is 29.8 Å². The van der Waals surface area contributed by atoms with Gasteiger partial charge in [0.15, 0.2) is 0 Å². The molecule has 0 aliphatic heterocycles. The Labute approximate surface area is 161 Å². The van der Waals surface area contributed by atoms with Crippen molar-refractivity contribution in [2.24, 2.45) is 5.14 Å². The number of sulfonamides is 1. The first-order valence-corrected chi connectivity index (χ1v) is 10.4. The fraction of sp³-hybridized carbons (Fsp3) is 0.0526. The van der Waals surface area contributed by atoms with E-state index in [2.05, 4.69) is 4.98 Å².